The first-order chi connectivity index (χ1) is 12.4. The van der Waals surface area contributed by atoms with Gasteiger partial charge >= 0.3 is 0 Å². The molecule has 2 aromatic rings. The van der Waals surface area contributed by atoms with Crippen molar-refractivity contribution >= 4 is 28.3 Å². The second kappa shape index (κ2) is 9.45. The molecule has 0 saturated heterocycles. The lowest BCUT2D eigenvalue weighted by atomic mass is 10.0. The molecule has 1 aromatic heterocycles. The molecule has 2 rings (SSSR count). The number of rotatable bonds is 8. The van der Waals surface area contributed by atoms with E-state index in [1.807, 2.05) is 24.4 Å². The Morgan fingerprint density at radius 3 is 2.54 bits per heavy atom. The van der Waals surface area contributed by atoms with Crippen molar-refractivity contribution in [1.29, 1.82) is 0 Å². The summed E-state index contributed by atoms with van der Waals surface area (Å²) in [7, 11) is 0. The number of nitrogens with two attached hydrogens (primary N) is 1. The summed E-state index contributed by atoms with van der Waals surface area (Å²) in [6.07, 6.45) is 1.82. The number of hydrogen-bond acceptors (Lipinski definition) is 5. The van der Waals surface area contributed by atoms with Gasteiger partial charge in [0, 0.05) is 30.5 Å². The molecule has 0 saturated carbocycles. The van der Waals surface area contributed by atoms with Crippen LogP contribution < -0.4 is 16.4 Å². The predicted molar refractivity (Wildman–Crippen MR) is 106 cm³/mol. The van der Waals surface area contributed by atoms with Crippen LogP contribution in [0.25, 0.3) is 11.3 Å². The van der Waals surface area contributed by atoms with Crippen molar-refractivity contribution in [3.63, 3.8) is 0 Å². The third-order valence-electron chi connectivity index (χ3n) is 4.20. The minimum absolute atomic E-state index is 0.00193. The number of thiazole rings is 1. The van der Waals surface area contributed by atoms with Gasteiger partial charge in [-0.15, -0.1) is 11.3 Å². The third-order valence-corrected chi connectivity index (χ3v) is 4.96. The fourth-order valence-electron chi connectivity index (χ4n) is 2.32. The van der Waals surface area contributed by atoms with Gasteiger partial charge in [-0.05, 0) is 25.3 Å². The highest BCUT2D eigenvalue weighted by Gasteiger charge is 2.18. The van der Waals surface area contributed by atoms with Gasteiger partial charge in [-0.25, -0.2) is 4.98 Å². The van der Waals surface area contributed by atoms with E-state index in [2.05, 4.69) is 27.8 Å². The fraction of sp³-hybridized carbons (Fsp3) is 0.421. The van der Waals surface area contributed by atoms with E-state index in [0.29, 0.717) is 11.7 Å². The average molecular weight is 375 g/mol. The van der Waals surface area contributed by atoms with Crippen LogP contribution in [0.15, 0.2) is 29.6 Å². The van der Waals surface area contributed by atoms with E-state index < -0.39 is 0 Å². The van der Waals surface area contributed by atoms with Crippen LogP contribution >= 0.6 is 11.3 Å². The summed E-state index contributed by atoms with van der Waals surface area (Å²) >= 11 is 1.40. The summed E-state index contributed by atoms with van der Waals surface area (Å²) in [5, 5.41) is 8.13. The normalized spacial score (nSPS) is 13.1. The highest BCUT2D eigenvalue weighted by molar-refractivity contribution is 7.14. The van der Waals surface area contributed by atoms with Gasteiger partial charge in [-0.2, -0.15) is 0 Å². The number of carbonyl (C=O) groups is 2. The van der Waals surface area contributed by atoms with E-state index in [9.17, 15) is 9.59 Å². The Bertz CT molecular complexity index is 740. The molecule has 140 valence electrons. The van der Waals surface area contributed by atoms with Crippen LogP contribution in [0.4, 0.5) is 5.13 Å². The van der Waals surface area contributed by atoms with E-state index in [1.165, 1.54) is 23.8 Å². The molecule has 2 unspecified atom stereocenters. The van der Waals surface area contributed by atoms with Gasteiger partial charge in [0.2, 0.25) is 11.8 Å². The van der Waals surface area contributed by atoms with Gasteiger partial charge in [0.1, 0.15) is 0 Å². The van der Waals surface area contributed by atoms with Gasteiger partial charge in [0.05, 0.1) is 11.6 Å². The van der Waals surface area contributed by atoms with Crippen molar-refractivity contribution in [3.8, 4) is 11.3 Å². The van der Waals surface area contributed by atoms with Crippen LogP contribution in [-0.2, 0) is 16.0 Å². The van der Waals surface area contributed by atoms with Gasteiger partial charge in [-0.3, -0.25) is 9.59 Å². The quantitative estimate of drug-likeness (QED) is 0.619. The molecule has 26 heavy (non-hydrogen) atoms. The lowest BCUT2D eigenvalue weighted by Crippen LogP contribution is -2.34. The first-order valence-corrected chi connectivity index (χ1v) is 9.60. The number of aryl methyl sites for hydroxylation is 1. The zero-order valence-electron chi connectivity index (χ0n) is 15.4. The van der Waals surface area contributed by atoms with Crippen molar-refractivity contribution in [1.82, 2.24) is 10.3 Å². The second-order valence-electron chi connectivity index (χ2n) is 6.46. The van der Waals surface area contributed by atoms with Crippen molar-refractivity contribution in [2.45, 2.75) is 39.7 Å². The molecule has 0 aliphatic carbocycles. The second-order valence-corrected chi connectivity index (χ2v) is 7.32. The maximum Gasteiger partial charge on any atom is 0.230 e. The van der Waals surface area contributed by atoms with Crippen molar-refractivity contribution in [3.05, 3.63) is 35.2 Å². The Morgan fingerprint density at radius 2 is 1.92 bits per heavy atom. The van der Waals surface area contributed by atoms with Crippen molar-refractivity contribution in [2.24, 2.45) is 11.7 Å². The number of hydrogen-bond donors (Lipinski definition) is 3. The minimum Gasteiger partial charge on any atom is -0.356 e. The molecule has 4 N–H and O–H groups in total. The van der Waals surface area contributed by atoms with Gasteiger partial charge in [0.25, 0.3) is 0 Å². The van der Waals surface area contributed by atoms with Crippen LogP contribution in [0.1, 0.15) is 32.8 Å². The molecular formula is C19H26N4O2S. The van der Waals surface area contributed by atoms with Crippen molar-refractivity contribution < 1.29 is 9.59 Å². The average Bonchev–Trinajstić information content (AvgIpc) is 3.06. The Balaban J connectivity index is 1.92. The summed E-state index contributed by atoms with van der Waals surface area (Å²) in [6.45, 7) is 5.83. The molecule has 1 heterocycles. The molecule has 0 spiro atoms. The number of carbonyl (C=O) groups excluding carboxylic acids is 2. The molecule has 0 aliphatic rings. The molecule has 0 aliphatic heterocycles. The summed E-state index contributed by atoms with van der Waals surface area (Å²) in [5.41, 5.74) is 8.82. The molecular weight excluding hydrogens is 348 g/mol. The summed E-state index contributed by atoms with van der Waals surface area (Å²) in [4.78, 5) is 27.4. The van der Waals surface area contributed by atoms with Crippen LogP contribution in [0.3, 0.4) is 0 Å². The number of nitrogens with zero attached hydrogens (tertiary/aromatic N) is 1. The Hall–Kier alpha value is -2.25. The van der Waals surface area contributed by atoms with E-state index in [-0.39, 0.29) is 23.8 Å². The van der Waals surface area contributed by atoms with E-state index in [1.54, 1.807) is 6.92 Å². The van der Waals surface area contributed by atoms with Crippen molar-refractivity contribution in [2.75, 3.05) is 11.9 Å². The number of amides is 2. The number of nitrogens with one attached hydrogen (secondary N) is 2. The smallest absolute Gasteiger partial charge is 0.230 e. The van der Waals surface area contributed by atoms with Gasteiger partial charge in [-0.1, -0.05) is 31.2 Å². The molecule has 2 amide bonds. The molecule has 7 heteroatoms. The fourth-order valence-corrected chi connectivity index (χ4v) is 3.04. The minimum atomic E-state index is -0.265. The van der Waals surface area contributed by atoms with Crippen LogP contribution in [0.5, 0.6) is 0 Å². The van der Waals surface area contributed by atoms with Crippen LogP contribution in [-0.4, -0.2) is 29.4 Å². The maximum atomic E-state index is 12.1. The molecule has 0 radical (unpaired) electrons. The Morgan fingerprint density at radius 1 is 1.23 bits per heavy atom. The molecule has 1 aromatic carbocycles. The summed E-state index contributed by atoms with van der Waals surface area (Å²) in [5.74, 6) is -0.378. The maximum absolute atomic E-state index is 12.1. The molecule has 0 fully saturated rings. The third kappa shape index (κ3) is 5.93. The topological polar surface area (TPSA) is 97.1 Å². The highest BCUT2D eigenvalue weighted by Crippen LogP contribution is 2.25. The lowest BCUT2D eigenvalue weighted by molar-refractivity contribution is -0.120. The van der Waals surface area contributed by atoms with Crippen LogP contribution in [0, 0.1) is 5.92 Å². The molecule has 6 nitrogen and oxygen atoms in total. The van der Waals surface area contributed by atoms with E-state index >= 15 is 0 Å². The molecule has 2 atom stereocenters. The zero-order chi connectivity index (χ0) is 19.1. The largest absolute Gasteiger partial charge is 0.356 e. The van der Waals surface area contributed by atoms with Gasteiger partial charge in [0.15, 0.2) is 5.13 Å². The Labute approximate surface area is 158 Å². The lowest BCUT2D eigenvalue weighted by Gasteiger charge is -2.13. The molecule has 0 bridgehead atoms. The zero-order valence-corrected chi connectivity index (χ0v) is 16.2. The van der Waals surface area contributed by atoms with E-state index in [4.69, 9.17) is 5.73 Å². The highest BCUT2D eigenvalue weighted by atomic mass is 32.1. The van der Waals surface area contributed by atoms with Crippen LogP contribution in [0.2, 0.25) is 0 Å². The van der Waals surface area contributed by atoms with E-state index in [0.717, 1.165) is 24.1 Å². The predicted octanol–water partition coefficient (Wildman–Crippen LogP) is 2.80. The Kier molecular flexibility index (Phi) is 7.29. The monoisotopic (exact) mass is 374 g/mol. The number of anilines is 1. The summed E-state index contributed by atoms with van der Waals surface area (Å²) < 4.78 is 0. The number of benzene rings is 1. The SMILES string of the molecule is CC(=O)NCCCc1ccc(-c2csc(NC(=O)C(C)C(C)N)n2)cc1. The first-order valence-electron chi connectivity index (χ1n) is 8.72. The first kappa shape index (κ1) is 20.1. The summed E-state index contributed by atoms with van der Waals surface area (Å²) in [6, 6.07) is 7.99. The standard InChI is InChI=1S/C19H26N4O2S/c1-12(13(2)20)18(25)23-19-22-17(11-26-19)16-8-6-15(7-9-16)5-4-10-21-14(3)24/h6-9,11-13H,4-5,10,20H2,1-3H3,(H,21,24)(H,22,23,25). The van der Waals surface area contributed by atoms with Gasteiger partial charge < -0.3 is 16.4 Å². The number of aromatic nitrogens is 1.